The molecule has 0 aromatic heterocycles. The molecule has 1 atom stereocenters. The number of hydrogen-bond acceptors (Lipinski definition) is 2. The first-order valence-electron chi connectivity index (χ1n) is 4.14. The molecule has 1 aromatic rings. The third-order valence-corrected chi connectivity index (χ3v) is 3.41. The number of hydrogen-bond donors (Lipinski definition) is 1. The number of sulfonamides is 1. The minimum absolute atomic E-state index is 0.0192. The molecule has 0 bridgehead atoms. The van der Waals surface area contributed by atoms with Gasteiger partial charge in [-0.15, -0.1) is 0 Å². The molecule has 5 heteroatoms. The van der Waals surface area contributed by atoms with E-state index in [-0.39, 0.29) is 11.7 Å². The van der Waals surface area contributed by atoms with Crippen molar-refractivity contribution in [2.24, 2.45) is 5.14 Å². The van der Waals surface area contributed by atoms with Crippen LogP contribution < -0.4 is 5.14 Å². The summed E-state index contributed by atoms with van der Waals surface area (Å²) in [4.78, 5) is 0. The van der Waals surface area contributed by atoms with Crippen LogP contribution in [0.1, 0.15) is 18.4 Å². The van der Waals surface area contributed by atoms with Crippen molar-refractivity contribution in [1.29, 1.82) is 0 Å². The molecule has 0 saturated heterocycles. The highest BCUT2D eigenvalue weighted by atomic mass is 79.9. The molecule has 0 heterocycles. The van der Waals surface area contributed by atoms with Gasteiger partial charge in [-0.25, -0.2) is 13.6 Å². The maximum Gasteiger partial charge on any atom is 0.209 e. The molecule has 0 fully saturated rings. The second-order valence-electron chi connectivity index (χ2n) is 3.28. The number of primary sulfonamides is 1. The van der Waals surface area contributed by atoms with Crippen molar-refractivity contribution >= 4 is 26.0 Å². The van der Waals surface area contributed by atoms with Crippen molar-refractivity contribution in [3.05, 3.63) is 34.3 Å². The predicted molar refractivity (Wildman–Crippen MR) is 60.5 cm³/mol. The van der Waals surface area contributed by atoms with Gasteiger partial charge >= 0.3 is 0 Å². The fourth-order valence-electron chi connectivity index (χ4n) is 1.24. The second-order valence-corrected chi connectivity index (χ2v) is 5.86. The van der Waals surface area contributed by atoms with Crippen LogP contribution in [0.3, 0.4) is 0 Å². The molecule has 0 spiro atoms. The van der Waals surface area contributed by atoms with Gasteiger partial charge in [0.15, 0.2) is 0 Å². The molecule has 0 radical (unpaired) electrons. The van der Waals surface area contributed by atoms with Gasteiger partial charge in [-0.1, -0.05) is 35.0 Å². The van der Waals surface area contributed by atoms with E-state index in [2.05, 4.69) is 15.9 Å². The van der Waals surface area contributed by atoms with E-state index in [1.807, 2.05) is 31.2 Å². The Balaban J connectivity index is 2.80. The van der Waals surface area contributed by atoms with Crippen LogP contribution in [0.15, 0.2) is 28.7 Å². The van der Waals surface area contributed by atoms with E-state index < -0.39 is 10.0 Å². The molecule has 0 aliphatic heterocycles. The zero-order valence-corrected chi connectivity index (χ0v) is 10.2. The van der Waals surface area contributed by atoms with Crippen LogP contribution in [-0.4, -0.2) is 14.2 Å². The van der Waals surface area contributed by atoms with Gasteiger partial charge in [-0.3, -0.25) is 0 Å². The van der Waals surface area contributed by atoms with Crippen LogP contribution in [0.25, 0.3) is 0 Å². The standard InChI is InChI=1S/C9H12BrNO2S/c1-7(6-14(11,12)13)8-2-4-9(10)5-3-8/h2-5,7H,6H2,1H3,(H2,11,12,13)/t7-/m0/s1. The molecular formula is C9H12BrNO2S. The highest BCUT2D eigenvalue weighted by Crippen LogP contribution is 2.19. The molecule has 78 valence electrons. The molecule has 0 aliphatic rings. The first kappa shape index (κ1) is 11.7. The molecule has 1 aromatic carbocycles. The lowest BCUT2D eigenvalue weighted by atomic mass is 10.0. The second kappa shape index (κ2) is 4.42. The van der Waals surface area contributed by atoms with Gasteiger partial charge in [0, 0.05) is 4.47 Å². The Hall–Kier alpha value is -0.390. The van der Waals surface area contributed by atoms with Gasteiger partial charge in [0.25, 0.3) is 0 Å². The van der Waals surface area contributed by atoms with E-state index in [4.69, 9.17) is 5.14 Å². The van der Waals surface area contributed by atoms with Gasteiger partial charge in [0.2, 0.25) is 10.0 Å². The quantitative estimate of drug-likeness (QED) is 0.917. The number of benzene rings is 1. The van der Waals surface area contributed by atoms with Crippen molar-refractivity contribution < 1.29 is 8.42 Å². The number of rotatable bonds is 3. The van der Waals surface area contributed by atoms with E-state index >= 15 is 0 Å². The first-order chi connectivity index (χ1) is 6.38. The normalized spacial score (nSPS) is 13.9. The maximum atomic E-state index is 10.9. The van der Waals surface area contributed by atoms with Gasteiger partial charge < -0.3 is 0 Å². The van der Waals surface area contributed by atoms with Crippen molar-refractivity contribution in [3.8, 4) is 0 Å². The van der Waals surface area contributed by atoms with E-state index in [1.165, 1.54) is 0 Å². The summed E-state index contributed by atoms with van der Waals surface area (Å²) < 4.78 is 22.7. The van der Waals surface area contributed by atoms with Crippen LogP contribution in [0.5, 0.6) is 0 Å². The van der Waals surface area contributed by atoms with Crippen molar-refractivity contribution in [2.45, 2.75) is 12.8 Å². The smallest absolute Gasteiger partial charge is 0.209 e. The topological polar surface area (TPSA) is 60.2 Å². The molecule has 14 heavy (non-hydrogen) atoms. The molecule has 3 nitrogen and oxygen atoms in total. The first-order valence-corrected chi connectivity index (χ1v) is 6.65. The van der Waals surface area contributed by atoms with Gasteiger partial charge in [0.1, 0.15) is 0 Å². The summed E-state index contributed by atoms with van der Waals surface area (Å²) in [6.45, 7) is 1.84. The van der Waals surface area contributed by atoms with Crippen molar-refractivity contribution in [3.63, 3.8) is 0 Å². The minimum atomic E-state index is -3.39. The fourth-order valence-corrected chi connectivity index (χ4v) is 2.39. The van der Waals surface area contributed by atoms with Gasteiger partial charge in [-0.05, 0) is 23.6 Å². The summed E-state index contributed by atoms with van der Waals surface area (Å²) in [5, 5.41) is 4.97. The zero-order valence-electron chi connectivity index (χ0n) is 7.77. The molecule has 0 aliphatic carbocycles. The monoisotopic (exact) mass is 277 g/mol. The van der Waals surface area contributed by atoms with E-state index in [0.29, 0.717) is 0 Å². The lowest BCUT2D eigenvalue weighted by Gasteiger charge is -2.09. The summed E-state index contributed by atoms with van der Waals surface area (Å²) in [7, 11) is -3.39. The highest BCUT2D eigenvalue weighted by molar-refractivity contribution is 9.10. The molecule has 0 unspecified atom stereocenters. The average Bonchev–Trinajstić information content (AvgIpc) is 2.02. The average molecular weight is 278 g/mol. The predicted octanol–water partition coefficient (Wildman–Crippen LogP) is 1.84. The Morgan fingerprint density at radius 1 is 1.36 bits per heavy atom. The molecular weight excluding hydrogens is 266 g/mol. The molecule has 1 rings (SSSR count). The summed E-state index contributed by atoms with van der Waals surface area (Å²) in [5.74, 6) is -0.0904. The van der Waals surface area contributed by atoms with Crippen LogP contribution in [-0.2, 0) is 10.0 Å². The number of halogens is 1. The Labute approximate surface area is 92.5 Å². The third kappa shape index (κ3) is 3.77. The largest absolute Gasteiger partial charge is 0.229 e. The Bertz CT molecular complexity index is 399. The Kier molecular flexibility index (Phi) is 3.69. The van der Waals surface area contributed by atoms with E-state index in [9.17, 15) is 8.42 Å². The lowest BCUT2D eigenvalue weighted by Crippen LogP contribution is -2.20. The van der Waals surface area contributed by atoms with Gasteiger partial charge in [-0.2, -0.15) is 0 Å². The fraction of sp³-hybridized carbons (Fsp3) is 0.333. The van der Waals surface area contributed by atoms with Crippen LogP contribution in [0.2, 0.25) is 0 Å². The third-order valence-electron chi connectivity index (χ3n) is 1.92. The Morgan fingerprint density at radius 3 is 2.29 bits per heavy atom. The van der Waals surface area contributed by atoms with Crippen molar-refractivity contribution in [2.75, 3.05) is 5.75 Å². The van der Waals surface area contributed by atoms with E-state index in [0.717, 1.165) is 10.0 Å². The molecule has 2 N–H and O–H groups in total. The zero-order chi connectivity index (χ0) is 10.8. The summed E-state index contributed by atoms with van der Waals surface area (Å²) in [6, 6.07) is 7.55. The SMILES string of the molecule is C[C@@H](CS(N)(=O)=O)c1ccc(Br)cc1. The minimum Gasteiger partial charge on any atom is -0.229 e. The van der Waals surface area contributed by atoms with Crippen molar-refractivity contribution in [1.82, 2.24) is 0 Å². The summed E-state index contributed by atoms with van der Waals surface area (Å²) in [5.41, 5.74) is 0.974. The lowest BCUT2D eigenvalue weighted by molar-refractivity contribution is 0.592. The van der Waals surface area contributed by atoms with Crippen LogP contribution in [0, 0.1) is 0 Å². The summed E-state index contributed by atoms with van der Waals surface area (Å²) in [6.07, 6.45) is 0. The maximum absolute atomic E-state index is 10.9. The highest BCUT2D eigenvalue weighted by Gasteiger charge is 2.12. The Morgan fingerprint density at radius 2 is 1.86 bits per heavy atom. The van der Waals surface area contributed by atoms with Crippen LogP contribution in [0.4, 0.5) is 0 Å². The molecule has 0 saturated carbocycles. The van der Waals surface area contributed by atoms with Crippen LogP contribution >= 0.6 is 15.9 Å². The van der Waals surface area contributed by atoms with Gasteiger partial charge in [0.05, 0.1) is 5.75 Å². The summed E-state index contributed by atoms with van der Waals surface area (Å²) >= 11 is 3.31. The van der Waals surface area contributed by atoms with E-state index in [1.54, 1.807) is 0 Å². The number of nitrogens with two attached hydrogens (primary N) is 1. The molecule has 0 amide bonds.